The summed E-state index contributed by atoms with van der Waals surface area (Å²) in [7, 11) is 1.60. The number of fused-ring (bicyclic) bond motifs is 1. The third-order valence-electron chi connectivity index (χ3n) is 5.60. The van der Waals surface area contributed by atoms with Gasteiger partial charge >= 0.3 is 0 Å². The highest BCUT2D eigenvalue weighted by atomic mass is 79.9. The Labute approximate surface area is 217 Å². The molecule has 0 saturated heterocycles. The lowest BCUT2D eigenvalue weighted by molar-refractivity contribution is -0.113. The average Bonchev–Trinajstić information content (AvgIpc) is 3.41. The van der Waals surface area contributed by atoms with Crippen LogP contribution in [0.1, 0.15) is 23.4 Å². The summed E-state index contributed by atoms with van der Waals surface area (Å²) in [5.41, 5.74) is 2.29. The summed E-state index contributed by atoms with van der Waals surface area (Å²) in [6.07, 6.45) is 1.87. The number of benzene rings is 2. The third-order valence-corrected chi connectivity index (χ3v) is 8.15. The van der Waals surface area contributed by atoms with Crippen LogP contribution < -0.4 is 24.9 Å². The zero-order chi connectivity index (χ0) is 24.5. The average molecular weight is 567 g/mol. The van der Waals surface area contributed by atoms with E-state index < -0.39 is 6.04 Å². The number of aromatic nitrogens is 1. The standard InChI is InChI=1S/C26H20BrN3O3S2/c1-15-22(24(31)29-17-6-4-3-5-7-17)23(16-8-10-18(33-2)11-9-16)30-25(32)20(35-26(30)28-15)14-19-12-13-21(27)34-19/h3-14,23H,1-2H3,(H,29,31)/b20-14+. The van der Waals surface area contributed by atoms with Crippen LogP contribution in [-0.4, -0.2) is 17.6 Å². The first-order chi connectivity index (χ1) is 16.9. The van der Waals surface area contributed by atoms with Crippen LogP contribution in [-0.2, 0) is 4.79 Å². The maximum Gasteiger partial charge on any atom is 0.271 e. The molecule has 5 rings (SSSR count). The normalized spacial score (nSPS) is 15.5. The summed E-state index contributed by atoms with van der Waals surface area (Å²) >= 11 is 6.34. The van der Waals surface area contributed by atoms with Gasteiger partial charge in [0.25, 0.3) is 11.5 Å². The summed E-state index contributed by atoms with van der Waals surface area (Å²) < 4.78 is 8.48. The van der Waals surface area contributed by atoms with Crippen LogP contribution >= 0.6 is 38.6 Å². The summed E-state index contributed by atoms with van der Waals surface area (Å²) in [6, 6.07) is 19.9. The number of ether oxygens (including phenoxy) is 1. The van der Waals surface area contributed by atoms with Crippen molar-refractivity contribution in [2.24, 2.45) is 4.99 Å². The largest absolute Gasteiger partial charge is 0.497 e. The molecule has 1 amide bonds. The van der Waals surface area contributed by atoms with Crippen LogP contribution in [0.15, 0.2) is 91.6 Å². The molecule has 2 aromatic heterocycles. The number of carbonyl (C=O) groups is 1. The zero-order valence-electron chi connectivity index (χ0n) is 18.8. The van der Waals surface area contributed by atoms with Crippen molar-refractivity contribution in [2.45, 2.75) is 13.0 Å². The highest BCUT2D eigenvalue weighted by Crippen LogP contribution is 2.32. The minimum Gasteiger partial charge on any atom is -0.497 e. The second-order valence-corrected chi connectivity index (χ2v) is 11.3. The Morgan fingerprint density at radius 3 is 2.49 bits per heavy atom. The van der Waals surface area contributed by atoms with Crippen molar-refractivity contribution in [3.05, 3.63) is 112 Å². The van der Waals surface area contributed by atoms with Gasteiger partial charge in [-0.3, -0.25) is 14.2 Å². The Bertz CT molecular complexity index is 1620. The second-order valence-electron chi connectivity index (χ2n) is 7.82. The number of methoxy groups -OCH3 is 1. The van der Waals surface area contributed by atoms with E-state index in [1.165, 1.54) is 11.3 Å². The van der Waals surface area contributed by atoms with E-state index in [9.17, 15) is 9.59 Å². The number of thiophene rings is 1. The number of rotatable bonds is 5. The van der Waals surface area contributed by atoms with Gasteiger partial charge in [-0.2, -0.15) is 0 Å². The van der Waals surface area contributed by atoms with Crippen LogP contribution in [0, 0.1) is 0 Å². The number of halogens is 1. The minimum absolute atomic E-state index is 0.184. The predicted octanol–water partition coefficient (Wildman–Crippen LogP) is 4.71. The van der Waals surface area contributed by atoms with E-state index in [4.69, 9.17) is 4.74 Å². The first-order valence-electron chi connectivity index (χ1n) is 10.7. The number of amides is 1. The first-order valence-corrected chi connectivity index (χ1v) is 13.2. The SMILES string of the molecule is COc1ccc(C2C(C(=O)Nc3ccccc3)=C(C)N=c3s/c(=C/c4ccc(Br)s4)c(=O)n32)cc1. The van der Waals surface area contributed by atoms with E-state index >= 15 is 0 Å². The van der Waals surface area contributed by atoms with Gasteiger partial charge in [-0.15, -0.1) is 11.3 Å². The number of nitrogens with zero attached hydrogens (tertiary/aromatic N) is 2. The van der Waals surface area contributed by atoms with Crippen molar-refractivity contribution in [1.82, 2.24) is 4.57 Å². The fraction of sp³-hybridized carbons (Fsp3) is 0.115. The molecule has 1 aliphatic heterocycles. The number of allylic oxidation sites excluding steroid dienone is 1. The Hall–Kier alpha value is -3.27. The van der Waals surface area contributed by atoms with E-state index in [-0.39, 0.29) is 11.5 Å². The lowest BCUT2D eigenvalue weighted by Gasteiger charge is -2.25. The molecule has 1 aliphatic rings. The molecule has 4 aromatic rings. The lowest BCUT2D eigenvalue weighted by Crippen LogP contribution is -2.40. The fourth-order valence-electron chi connectivity index (χ4n) is 3.97. The van der Waals surface area contributed by atoms with Gasteiger partial charge in [-0.1, -0.05) is 41.7 Å². The van der Waals surface area contributed by atoms with E-state index in [0.29, 0.717) is 32.0 Å². The molecule has 176 valence electrons. The molecule has 0 spiro atoms. The van der Waals surface area contributed by atoms with Crippen molar-refractivity contribution in [2.75, 3.05) is 12.4 Å². The molecule has 3 heterocycles. The Morgan fingerprint density at radius 2 is 1.83 bits per heavy atom. The summed E-state index contributed by atoms with van der Waals surface area (Å²) in [5.74, 6) is 0.398. The molecule has 2 aromatic carbocycles. The Kier molecular flexibility index (Phi) is 6.55. The zero-order valence-corrected chi connectivity index (χ0v) is 22.0. The molecular formula is C26H20BrN3O3S2. The summed E-state index contributed by atoms with van der Waals surface area (Å²) in [5, 5.41) is 2.96. The second kappa shape index (κ2) is 9.77. The topological polar surface area (TPSA) is 72.7 Å². The molecule has 0 radical (unpaired) electrons. The molecule has 1 atom stereocenters. The molecule has 9 heteroatoms. The van der Waals surface area contributed by atoms with Crippen molar-refractivity contribution in [3.8, 4) is 5.75 Å². The van der Waals surface area contributed by atoms with Crippen molar-refractivity contribution in [3.63, 3.8) is 0 Å². The van der Waals surface area contributed by atoms with Crippen LogP contribution in [0.25, 0.3) is 6.08 Å². The Morgan fingerprint density at radius 1 is 1.09 bits per heavy atom. The third kappa shape index (κ3) is 4.67. The molecule has 35 heavy (non-hydrogen) atoms. The number of hydrogen-bond acceptors (Lipinski definition) is 6. The summed E-state index contributed by atoms with van der Waals surface area (Å²) in [4.78, 5) is 33.4. The number of carbonyl (C=O) groups excluding carboxylic acids is 1. The van der Waals surface area contributed by atoms with Gasteiger partial charge in [-0.05, 0) is 70.9 Å². The van der Waals surface area contributed by atoms with Crippen LogP contribution in [0.3, 0.4) is 0 Å². The molecular weight excluding hydrogens is 546 g/mol. The van der Waals surface area contributed by atoms with E-state index in [1.807, 2.05) is 79.7 Å². The van der Waals surface area contributed by atoms with E-state index in [0.717, 1.165) is 14.2 Å². The van der Waals surface area contributed by atoms with Gasteiger partial charge in [0.15, 0.2) is 4.80 Å². The smallest absolute Gasteiger partial charge is 0.271 e. The van der Waals surface area contributed by atoms with Gasteiger partial charge in [-0.25, -0.2) is 4.99 Å². The highest BCUT2D eigenvalue weighted by molar-refractivity contribution is 9.11. The Balaban J connectivity index is 1.67. The monoisotopic (exact) mass is 565 g/mol. The maximum atomic E-state index is 13.7. The van der Waals surface area contributed by atoms with Crippen molar-refractivity contribution >= 4 is 56.3 Å². The van der Waals surface area contributed by atoms with Crippen LogP contribution in [0.5, 0.6) is 5.75 Å². The molecule has 0 aliphatic carbocycles. The van der Waals surface area contributed by atoms with Gasteiger partial charge in [0, 0.05) is 10.6 Å². The minimum atomic E-state index is -0.627. The number of nitrogens with one attached hydrogen (secondary N) is 1. The number of hydrogen-bond donors (Lipinski definition) is 1. The van der Waals surface area contributed by atoms with Crippen molar-refractivity contribution in [1.29, 1.82) is 0 Å². The lowest BCUT2D eigenvalue weighted by atomic mass is 9.95. The number of thiazole rings is 1. The molecule has 0 bridgehead atoms. The van der Waals surface area contributed by atoms with E-state index in [1.54, 1.807) is 23.0 Å². The van der Waals surface area contributed by atoms with Gasteiger partial charge in [0.2, 0.25) is 0 Å². The highest BCUT2D eigenvalue weighted by Gasteiger charge is 2.32. The number of para-hydroxylation sites is 1. The predicted molar refractivity (Wildman–Crippen MR) is 144 cm³/mol. The van der Waals surface area contributed by atoms with Gasteiger partial charge in [0.05, 0.1) is 32.7 Å². The maximum absolute atomic E-state index is 13.7. The summed E-state index contributed by atoms with van der Waals surface area (Å²) in [6.45, 7) is 1.81. The number of anilines is 1. The molecule has 1 N–H and O–H groups in total. The molecule has 6 nitrogen and oxygen atoms in total. The van der Waals surface area contributed by atoms with Crippen LogP contribution in [0.2, 0.25) is 0 Å². The first kappa shape index (κ1) is 23.5. The fourth-order valence-corrected chi connectivity index (χ4v) is 6.45. The molecule has 1 unspecified atom stereocenters. The quantitative estimate of drug-likeness (QED) is 0.381. The van der Waals surface area contributed by atoms with Gasteiger partial charge in [0.1, 0.15) is 5.75 Å². The van der Waals surface area contributed by atoms with Crippen LogP contribution in [0.4, 0.5) is 5.69 Å². The molecule has 0 fully saturated rings. The van der Waals surface area contributed by atoms with Gasteiger partial charge < -0.3 is 10.1 Å². The van der Waals surface area contributed by atoms with E-state index in [2.05, 4.69) is 26.2 Å². The van der Waals surface area contributed by atoms with Crippen molar-refractivity contribution < 1.29 is 9.53 Å². The molecule has 0 saturated carbocycles.